The van der Waals surface area contributed by atoms with Gasteiger partial charge in [0.25, 0.3) is 0 Å². The monoisotopic (exact) mass is 258 g/mol. The highest BCUT2D eigenvalue weighted by molar-refractivity contribution is 5.62. The van der Waals surface area contributed by atoms with Gasteiger partial charge in [0.2, 0.25) is 0 Å². The summed E-state index contributed by atoms with van der Waals surface area (Å²) in [6.45, 7) is 5.76. The minimum absolute atomic E-state index is 0.514. The van der Waals surface area contributed by atoms with Crippen LogP contribution in [0.3, 0.4) is 0 Å². The molecular weight excluding hydrogens is 236 g/mol. The molecule has 4 nitrogen and oxygen atoms in total. The Balaban J connectivity index is 1.89. The first kappa shape index (κ1) is 13.7. The molecule has 3 N–H and O–H groups in total. The molecule has 1 saturated heterocycles. The molecule has 0 radical (unpaired) electrons. The van der Waals surface area contributed by atoms with Crippen LogP contribution in [0.2, 0.25) is 0 Å². The number of nitrogens with one attached hydrogen (secondary N) is 1. The lowest BCUT2D eigenvalue weighted by atomic mass is 10.0. The Morgan fingerprint density at radius 1 is 1.42 bits per heavy atom. The summed E-state index contributed by atoms with van der Waals surface area (Å²) in [5.74, 6) is 0. The molecule has 1 heterocycles. The standard InChI is InChI=1S/C15H22N4/c1-2-7-19-8-5-13(6-9-19)18-14-4-3-12(11-16)15(17)10-14/h3-4,10,13,18H,2,5-9,17H2,1H3. The predicted molar refractivity (Wildman–Crippen MR) is 78.9 cm³/mol. The van der Waals surface area contributed by atoms with Gasteiger partial charge in [-0.1, -0.05) is 6.92 Å². The van der Waals surface area contributed by atoms with Crippen LogP contribution in [0.4, 0.5) is 11.4 Å². The van der Waals surface area contributed by atoms with Crippen molar-refractivity contribution in [3.63, 3.8) is 0 Å². The third kappa shape index (κ3) is 3.62. The summed E-state index contributed by atoms with van der Waals surface area (Å²) in [5.41, 5.74) is 7.94. The zero-order chi connectivity index (χ0) is 13.7. The van der Waals surface area contributed by atoms with E-state index in [0.717, 1.165) is 18.8 Å². The van der Waals surface area contributed by atoms with E-state index in [9.17, 15) is 0 Å². The average molecular weight is 258 g/mol. The van der Waals surface area contributed by atoms with Crippen LogP contribution < -0.4 is 11.1 Å². The summed E-state index contributed by atoms with van der Waals surface area (Å²) in [6, 6.07) is 8.18. The zero-order valence-electron chi connectivity index (χ0n) is 11.5. The normalized spacial score (nSPS) is 17.1. The largest absolute Gasteiger partial charge is 0.398 e. The Bertz CT molecular complexity index is 456. The molecule has 1 aliphatic heterocycles. The van der Waals surface area contributed by atoms with Gasteiger partial charge in [0.15, 0.2) is 0 Å². The van der Waals surface area contributed by atoms with Crippen LogP contribution >= 0.6 is 0 Å². The van der Waals surface area contributed by atoms with Crippen molar-refractivity contribution in [2.75, 3.05) is 30.7 Å². The smallest absolute Gasteiger partial charge is 0.101 e. The van der Waals surface area contributed by atoms with Gasteiger partial charge in [-0.3, -0.25) is 0 Å². The molecule has 0 unspecified atom stereocenters. The molecule has 1 aromatic rings. The third-order valence-electron chi connectivity index (χ3n) is 3.67. The number of hydrogen-bond donors (Lipinski definition) is 2. The summed E-state index contributed by atoms with van der Waals surface area (Å²) in [6.07, 6.45) is 3.56. The Morgan fingerprint density at radius 3 is 2.74 bits per heavy atom. The minimum atomic E-state index is 0.514. The SMILES string of the molecule is CCCN1CCC(Nc2ccc(C#N)c(N)c2)CC1. The van der Waals surface area contributed by atoms with E-state index in [1.54, 1.807) is 6.07 Å². The van der Waals surface area contributed by atoms with Crippen LogP contribution in [-0.2, 0) is 0 Å². The minimum Gasteiger partial charge on any atom is -0.398 e. The Kier molecular flexibility index (Phi) is 4.64. The van der Waals surface area contributed by atoms with Gasteiger partial charge in [0.05, 0.1) is 11.3 Å². The second kappa shape index (κ2) is 6.44. The molecule has 2 rings (SSSR count). The number of hydrogen-bond acceptors (Lipinski definition) is 4. The number of piperidine rings is 1. The van der Waals surface area contributed by atoms with Gasteiger partial charge in [-0.15, -0.1) is 0 Å². The molecule has 0 spiro atoms. The zero-order valence-corrected chi connectivity index (χ0v) is 11.5. The molecule has 0 amide bonds. The summed E-state index contributed by atoms with van der Waals surface area (Å²) >= 11 is 0. The van der Waals surface area contributed by atoms with E-state index in [4.69, 9.17) is 11.0 Å². The van der Waals surface area contributed by atoms with E-state index in [1.165, 1.54) is 25.8 Å². The summed E-state index contributed by atoms with van der Waals surface area (Å²) in [4.78, 5) is 2.52. The topological polar surface area (TPSA) is 65.1 Å². The molecule has 102 valence electrons. The second-order valence-corrected chi connectivity index (χ2v) is 5.17. The maximum atomic E-state index is 8.85. The first-order valence-electron chi connectivity index (χ1n) is 7.01. The van der Waals surface area contributed by atoms with Crippen LogP contribution in [0.25, 0.3) is 0 Å². The van der Waals surface area contributed by atoms with E-state index >= 15 is 0 Å². The van der Waals surface area contributed by atoms with Crippen molar-refractivity contribution in [3.05, 3.63) is 23.8 Å². The Labute approximate surface area is 115 Å². The van der Waals surface area contributed by atoms with Gasteiger partial charge in [0, 0.05) is 24.8 Å². The molecule has 1 aromatic carbocycles. The van der Waals surface area contributed by atoms with Crippen LogP contribution in [0.1, 0.15) is 31.7 Å². The van der Waals surface area contributed by atoms with Crippen LogP contribution in [0, 0.1) is 11.3 Å². The number of nitrogens with zero attached hydrogens (tertiary/aromatic N) is 2. The average Bonchev–Trinajstić information content (AvgIpc) is 2.42. The summed E-state index contributed by atoms with van der Waals surface area (Å²) in [5, 5.41) is 12.4. The first-order chi connectivity index (χ1) is 9.22. The van der Waals surface area contributed by atoms with Crippen molar-refractivity contribution >= 4 is 11.4 Å². The predicted octanol–water partition coefficient (Wildman–Crippen LogP) is 2.43. The van der Waals surface area contributed by atoms with Gasteiger partial charge in [-0.25, -0.2) is 0 Å². The highest BCUT2D eigenvalue weighted by Crippen LogP contribution is 2.21. The van der Waals surface area contributed by atoms with Crippen molar-refractivity contribution in [1.29, 1.82) is 5.26 Å². The molecule has 0 atom stereocenters. The number of anilines is 2. The number of nitriles is 1. The molecule has 0 saturated carbocycles. The van der Waals surface area contributed by atoms with E-state index < -0.39 is 0 Å². The lowest BCUT2D eigenvalue weighted by Gasteiger charge is -2.32. The summed E-state index contributed by atoms with van der Waals surface area (Å²) < 4.78 is 0. The molecule has 0 aromatic heterocycles. The van der Waals surface area contributed by atoms with Gasteiger partial charge >= 0.3 is 0 Å². The van der Waals surface area contributed by atoms with Crippen molar-refractivity contribution in [1.82, 2.24) is 4.90 Å². The highest BCUT2D eigenvalue weighted by Gasteiger charge is 2.18. The number of nitrogens with two attached hydrogens (primary N) is 1. The number of nitrogen functional groups attached to an aromatic ring is 1. The number of benzene rings is 1. The Morgan fingerprint density at radius 2 is 2.16 bits per heavy atom. The van der Waals surface area contributed by atoms with Gasteiger partial charge in [0.1, 0.15) is 6.07 Å². The lowest BCUT2D eigenvalue weighted by molar-refractivity contribution is 0.219. The molecule has 0 bridgehead atoms. The van der Waals surface area contributed by atoms with Crippen LogP contribution in [-0.4, -0.2) is 30.6 Å². The van der Waals surface area contributed by atoms with Crippen molar-refractivity contribution in [3.8, 4) is 6.07 Å². The second-order valence-electron chi connectivity index (χ2n) is 5.17. The molecule has 1 aliphatic rings. The fraction of sp³-hybridized carbons (Fsp3) is 0.533. The molecule has 1 fully saturated rings. The fourth-order valence-corrected chi connectivity index (χ4v) is 2.61. The van der Waals surface area contributed by atoms with E-state index in [1.807, 2.05) is 12.1 Å². The Hall–Kier alpha value is -1.73. The van der Waals surface area contributed by atoms with Crippen LogP contribution in [0.15, 0.2) is 18.2 Å². The van der Waals surface area contributed by atoms with Crippen LogP contribution in [0.5, 0.6) is 0 Å². The van der Waals surface area contributed by atoms with E-state index in [-0.39, 0.29) is 0 Å². The number of likely N-dealkylation sites (tertiary alicyclic amines) is 1. The quantitative estimate of drug-likeness (QED) is 0.814. The van der Waals surface area contributed by atoms with Crippen molar-refractivity contribution < 1.29 is 0 Å². The first-order valence-corrected chi connectivity index (χ1v) is 7.01. The fourth-order valence-electron chi connectivity index (χ4n) is 2.61. The maximum Gasteiger partial charge on any atom is 0.101 e. The van der Waals surface area contributed by atoms with Crippen molar-refractivity contribution in [2.45, 2.75) is 32.2 Å². The van der Waals surface area contributed by atoms with Gasteiger partial charge < -0.3 is 16.0 Å². The number of rotatable bonds is 4. The molecule has 4 heteroatoms. The van der Waals surface area contributed by atoms with E-state index in [0.29, 0.717) is 17.3 Å². The molecule has 0 aliphatic carbocycles. The summed E-state index contributed by atoms with van der Waals surface area (Å²) in [7, 11) is 0. The van der Waals surface area contributed by atoms with Gasteiger partial charge in [-0.2, -0.15) is 5.26 Å². The van der Waals surface area contributed by atoms with Gasteiger partial charge in [-0.05, 0) is 44.0 Å². The third-order valence-corrected chi connectivity index (χ3v) is 3.67. The molecular formula is C15H22N4. The highest BCUT2D eigenvalue weighted by atomic mass is 15.1. The van der Waals surface area contributed by atoms with E-state index in [2.05, 4.69) is 23.2 Å². The molecule has 19 heavy (non-hydrogen) atoms. The maximum absolute atomic E-state index is 8.85. The van der Waals surface area contributed by atoms with Crippen molar-refractivity contribution in [2.24, 2.45) is 0 Å². The lowest BCUT2D eigenvalue weighted by Crippen LogP contribution is -2.39.